The van der Waals surface area contributed by atoms with E-state index >= 15 is 0 Å². The van der Waals surface area contributed by atoms with Gasteiger partial charge in [-0.2, -0.15) is 4.39 Å². The van der Waals surface area contributed by atoms with Gasteiger partial charge in [0.25, 0.3) is 5.28 Å². The van der Waals surface area contributed by atoms with Crippen LogP contribution in [0.4, 0.5) is 4.39 Å². The van der Waals surface area contributed by atoms with Crippen molar-refractivity contribution in [2.75, 3.05) is 6.61 Å². The van der Waals surface area contributed by atoms with Crippen LogP contribution in [0.3, 0.4) is 0 Å². The summed E-state index contributed by atoms with van der Waals surface area (Å²) < 4.78 is 17.6. The van der Waals surface area contributed by atoms with E-state index in [1.807, 2.05) is 0 Å². The van der Waals surface area contributed by atoms with Crippen LogP contribution in [0.5, 0.6) is 6.01 Å². The van der Waals surface area contributed by atoms with Crippen molar-refractivity contribution in [2.45, 2.75) is 12.7 Å². The van der Waals surface area contributed by atoms with Crippen LogP contribution in [0.2, 0.25) is 5.28 Å². The number of aromatic nitrogens is 4. The molecule has 0 aliphatic carbocycles. The van der Waals surface area contributed by atoms with E-state index in [4.69, 9.17) is 11.6 Å². The van der Waals surface area contributed by atoms with Crippen LogP contribution in [0, 0.1) is 10.1 Å². The first-order valence-corrected chi connectivity index (χ1v) is 3.99. The van der Waals surface area contributed by atoms with Crippen molar-refractivity contribution in [1.82, 2.24) is 20.4 Å². The Morgan fingerprint density at radius 2 is 2.07 bits per heavy atom. The molecular formula is C5H5ClFN5O3. The molecule has 0 aliphatic heterocycles. The molecule has 10 heteroatoms. The summed E-state index contributed by atoms with van der Waals surface area (Å²) in [7, 11) is 0. The lowest BCUT2D eigenvalue weighted by Crippen LogP contribution is -2.36. The second-order valence-corrected chi connectivity index (χ2v) is 2.98. The topological polar surface area (TPSA) is 104 Å². The molecule has 1 aromatic heterocycles. The number of nitro groups is 1. The lowest BCUT2D eigenvalue weighted by Gasteiger charge is -2.10. The van der Waals surface area contributed by atoms with Crippen LogP contribution in [-0.4, -0.2) is 37.7 Å². The third kappa shape index (κ3) is 3.20. The van der Waals surface area contributed by atoms with Gasteiger partial charge in [-0.15, -0.1) is 10.2 Å². The molecule has 0 amide bonds. The molecule has 82 valence electrons. The minimum atomic E-state index is -2.72. The van der Waals surface area contributed by atoms with Gasteiger partial charge in [-0.3, -0.25) is 10.1 Å². The molecule has 0 saturated heterocycles. The summed E-state index contributed by atoms with van der Waals surface area (Å²) in [6, 6.07) is -0.384. The van der Waals surface area contributed by atoms with E-state index in [0.29, 0.717) is 0 Å². The maximum atomic E-state index is 13.0. The van der Waals surface area contributed by atoms with E-state index < -0.39 is 17.3 Å². The second-order valence-electron chi connectivity index (χ2n) is 2.64. The molecule has 15 heavy (non-hydrogen) atoms. The molecule has 1 heterocycles. The molecule has 1 unspecified atom stereocenters. The Balaban J connectivity index is 2.57. The van der Waals surface area contributed by atoms with Crippen LogP contribution < -0.4 is 4.74 Å². The summed E-state index contributed by atoms with van der Waals surface area (Å²) in [5.41, 5.74) is 0. The van der Waals surface area contributed by atoms with Crippen LogP contribution in [0.1, 0.15) is 6.92 Å². The van der Waals surface area contributed by atoms with Crippen LogP contribution >= 0.6 is 11.6 Å². The Bertz CT molecular complexity index is 358. The smallest absolute Gasteiger partial charge is 0.389 e. The Morgan fingerprint density at radius 3 is 2.53 bits per heavy atom. The van der Waals surface area contributed by atoms with E-state index in [1.165, 1.54) is 0 Å². The SMILES string of the molecule is CC(F)(COc1nnc(Cl)nn1)[N+](=O)[O-]. The Hall–Kier alpha value is -1.64. The zero-order valence-corrected chi connectivity index (χ0v) is 8.18. The van der Waals surface area contributed by atoms with Gasteiger partial charge in [0.1, 0.15) is 0 Å². The summed E-state index contributed by atoms with van der Waals surface area (Å²) >= 11 is 5.27. The number of rotatable bonds is 4. The van der Waals surface area contributed by atoms with E-state index in [9.17, 15) is 14.5 Å². The van der Waals surface area contributed by atoms with Crippen molar-refractivity contribution in [3.8, 4) is 6.01 Å². The fourth-order valence-corrected chi connectivity index (χ4v) is 0.590. The van der Waals surface area contributed by atoms with E-state index in [1.54, 1.807) is 0 Å². The minimum Gasteiger partial charge on any atom is -0.450 e. The van der Waals surface area contributed by atoms with E-state index in [2.05, 4.69) is 25.1 Å². The van der Waals surface area contributed by atoms with Crippen molar-refractivity contribution in [3.63, 3.8) is 0 Å². The molecule has 0 N–H and O–H groups in total. The average Bonchev–Trinajstić information content (AvgIpc) is 2.17. The first-order valence-electron chi connectivity index (χ1n) is 3.61. The monoisotopic (exact) mass is 237 g/mol. The molecule has 0 fully saturated rings. The number of hydrogen-bond acceptors (Lipinski definition) is 7. The Morgan fingerprint density at radius 1 is 1.53 bits per heavy atom. The third-order valence-corrected chi connectivity index (χ3v) is 1.43. The molecule has 0 aliphatic rings. The summed E-state index contributed by atoms with van der Waals surface area (Å²) in [4.78, 5) is 9.03. The predicted octanol–water partition coefficient (Wildman–Crippen LogP) is 0.261. The highest BCUT2D eigenvalue weighted by Gasteiger charge is 2.38. The quantitative estimate of drug-likeness (QED) is 0.420. The molecular weight excluding hydrogens is 233 g/mol. The van der Waals surface area contributed by atoms with Gasteiger partial charge in [-0.1, -0.05) is 10.2 Å². The lowest BCUT2D eigenvalue weighted by molar-refractivity contribution is -0.602. The zero-order valence-electron chi connectivity index (χ0n) is 7.42. The second kappa shape index (κ2) is 4.26. The predicted molar refractivity (Wildman–Crippen MR) is 44.6 cm³/mol. The molecule has 0 spiro atoms. The Labute approximate surface area is 87.6 Å². The van der Waals surface area contributed by atoms with Gasteiger partial charge < -0.3 is 4.74 Å². The van der Waals surface area contributed by atoms with Gasteiger partial charge in [0.2, 0.25) is 0 Å². The largest absolute Gasteiger partial charge is 0.450 e. The minimum absolute atomic E-state index is 0.209. The molecule has 1 aromatic rings. The fraction of sp³-hybridized carbons (Fsp3) is 0.600. The van der Waals surface area contributed by atoms with Crippen molar-refractivity contribution in [1.29, 1.82) is 0 Å². The fourth-order valence-electron chi connectivity index (χ4n) is 0.515. The van der Waals surface area contributed by atoms with Gasteiger partial charge in [-0.25, -0.2) is 0 Å². The van der Waals surface area contributed by atoms with Gasteiger partial charge in [-0.05, 0) is 11.6 Å². The number of nitrogens with zero attached hydrogens (tertiary/aromatic N) is 5. The maximum absolute atomic E-state index is 13.0. The standard InChI is InChI=1S/C5H5ClFN5O3/c1-5(7,12(13)14)2-15-4-10-8-3(6)9-11-4/h2H2,1H3. The van der Waals surface area contributed by atoms with Gasteiger partial charge in [0.15, 0.2) is 6.61 Å². The highest BCUT2D eigenvalue weighted by atomic mass is 35.5. The van der Waals surface area contributed by atoms with Crippen molar-refractivity contribution in [3.05, 3.63) is 15.4 Å². The van der Waals surface area contributed by atoms with Gasteiger partial charge >= 0.3 is 11.8 Å². The third-order valence-electron chi connectivity index (χ3n) is 1.28. The molecule has 1 rings (SSSR count). The summed E-state index contributed by atoms with van der Waals surface area (Å²) in [5.74, 6) is -2.72. The number of ether oxygens (including phenoxy) is 1. The number of hydrogen-bond donors (Lipinski definition) is 0. The van der Waals surface area contributed by atoms with E-state index in [0.717, 1.165) is 6.92 Å². The van der Waals surface area contributed by atoms with Gasteiger partial charge in [0, 0.05) is 6.92 Å². The number of halogens is 2. The van der Waals surface area contributed by atoms with Gasteiger partial charge in [0.05, 0.1) is 4.92 Å². The molecule has 8 nitrogen and oxygen atoms in total. The first-order chi connectivity index (χ1) is 6.92. The molecule has 0 saturated carbocycles. The number of alkyl halides is 1. The zero-order chi connectivity index (χ0) is 11.5. The summed E-state index contributed by atoms with van der Waals surface area (Å²) in [5, 5.41) is 23.0. The van der Waals surface area contributed by atoms with Crippen LogP contribution in [0.15, 0.2) is 0 Å². The van der Waals surface area contributed by atoms with Crippen molar-refractivity contribution in [2.24, 2.45) is 0 Å². The molecule has 0 radical (unpaired) electrons. The highest BCUT2D eigenvalue weighted by molar-refractivity contribution is 6.28. The average molecular weight is 238 g/mol. The van der Waals surface area contributed by atoms with Crippen LogP contribution in [-0.2, 0) is 0 Å². The summed E-state index contributed by atoms with van der Waals surface area (Å²) in [6.07, 6.45) is 0. The molecule has 0 aromatic carbocycles. The normalized spacial score (nSPS) is 14.3. The maximum Gasteiger partial charge on any atom is 0.389 e. The van der Waals surface area contributed by atoms with Crippen molar-refractivity contribution >= 4 is 11.6 Å². The highest BCUT2D eigenvalue weighted by Crippen LogP contribution is 2.12. The van der Waals surface area contributed by atoms with E-state index in [-0.39, 0.29) is 11.3 Å². The first kappa shape index (κ1) is 11.4. The molecule has 1 atom stereocenters. The van der Waals surface area contributed by atoms with Crippen molar-refractivity contribution < 1.29 is 14.1 Å². The molecule has 0 bridgehead atoms. The Kier molecular flexibility index (Phi) is 3.24. The van der Waals surface area contributed by atoms with Crippen LogP contribution in [0.25, 0.3) is 0 Å². The lowest BCUT2D eigenvalue weighted by atomic mass is 10.3. The summed E-state index contributed by atoms with van der Waals surface area (Å²) in [6.45, 7) is -0.0885.